The Balaban J connectivity index is 1.83. The average Bonchev–Trinajstić information content (AvgIpc) is 2.77. The van der Waals surface area contributed by atoms with Crippen molar-refractivity contribution in [2.75, 3.05) is 0 Å². The Kier molecular flexibility index (Phi) is 3.94. The Bertz CT molecular complexity index is 479. The van der Waals surface area contributed by atoms with E-state index in [-0.39, 0.29) is 5.82 Å². The number of furan rings is 1. The largest absolute Gasteiger partial charge is 0.465 e. The van der Waals surface area contributed by atoms with Gasteiger partial charge in [-0.1, -0.05) is 19.1 Å². The number of rotatable bonds is 5. The molecule has 0 amide bonds. The lowest BCUT2D eigenvalue weighted by Crippen LogP contribution is -2.12. The van der Waals surface area contributed by atoms with Crippen molar-refractivity contribution >= 4 is 0 Å². The maximum atomic E-state index is 12.9. The Morgan fingerprint density at radius 2 is 1.94 bits per heavy atom. The minimum Gasteiger partial charge on any atom is -0.465 e. The highest BCUT2D eigenvalue weighted by atomic mass is 19.1. The topological polar surface area (TPSA) is 25.2 Å². The molecule has 0 radical (unpaired) electrons. The van der Waals surface area contributed by atoms with E-state index >= 15 is 0 Å². The second-order valence-electron chi connectivity index (χ2n) is 3.96. The molecule has 0 saturated carbocycles. The van der Waals surface area contributed by atoms with Gasteiger partial charge in [-0.05, 0) is 29.8 Å². The second kappa shape index (κ2) is 5.64. The van der Waals surface area contributed by atoms with Crippen LogP contribution in [0.4, 0.5) is 4.39 Å². The van der Waals surface area contributed by atoms with Crippen molar-refractivity contribution in [2.45, 2.75) is 26.4 Å². The van der Waals surface area contributed by atoms with E-state index in [1.165, 1.54) is 12.1 Å². The first-order valence-electron chi connectivity index (χ1n) is 5.80. The average molecular weight is 233 g/mol. The Labute approximate surface area is 100 Å². The van der Waals surface area contributed by atoms with Gasteiger partial charge >= 0.3 is 0 Å². The number of hydrogen-bond acceptors (Lipinski definition) is 2. The van der Waals surface area contributed by atoms with Gasteiger partial charge in [0.25, 0.3) is 0 Å². The number of nitrogens with one attached hydrogen (secondary N) is 1. The molecule has 0 spiro atoms. The molecule has 2 aromatic rings. The molecule has 0 aliphatic rings. The predicted octanol–water partition coefficient (Wildman–Crippen LogP) is 3.27. The fraction of sp³-hybridized carbons (Fsp3) is 0.286. The monoisotopic (exact) mass is 233 g/mol. The van der Waals surface area contributed by atoms with Crippen LogP contribution in [-0.2, 0) is 19.5 Å². The molecule has 1 N–H and O–H groups in total. The number of benzene rings is 1. The molecular formula is C14H16FNO. The number of halogens is 1. The summed E-state index contributed by atoms with van der Waals surface area (Å²) in [5.41, 5.74) is 0.937. The molecule has 0 atom stereocenters. The van der Waals surface area contributed by atoms with E-state index in [0.29, 0.717) is 13.1 Å². The first kappa shape index (κ1) is 11.9. The lowest BCUT2D eigenvalue weighted by molar-refractivity contribution is 0.450. The molecule has 90 valence electrons. The quantitative estimate of drug-likeness (QED) is 0.857. The van der Waals surface area contributed by atoms with Crippen LogP contribution in [0.5, 0.6) is 0 Å². The van der Waals surface area contributed by atoms with Crippen LogP contribution in [0.25, 0.3) is 0 Å². The molecular weight excluding hydrogens is 217 g/mol. The van der Waals surface area contributed by atoms with Gasteiger partial charge in [0.05, 0.1) is 6.54 Å². The molecule has 1 aromatic heterocycles. The predicted molar refractivity (Wildman–Crippen MR) is 65.0 cm³/mol. The van der Waals surface area contributed by atoms with Crippen molar-refractivity contribution in [3.8, 4) is 0 Å². The molecule has 17 heavy (non-hydrogen) atoms. The third-order valence-electron chi connectivity index (χ3n) is 2.58. The maximum absolute atomic E-state index is 12.9. The van der Waals surface area contributed by atoms with Gasteiger partial charge in [0.2, 0.25) is 0 Å². The van der Waals surface area contributed by atoms with Crippen LogP contribution in [0.1, 0.15) is 24.0 Å². The molecule has 0 bridgehead atoms. The smallest absolute Gasteiger partial charge is 0.123 e. The van der Waals surface area contributed by atoms with Crippen LogP contribution in [0, 0.1) is 5.82 Å². The molecule has 0 aliphatic heterocycles. The van der Waals surface area contributed by atoms with Crippen molar-refractivity contribution in [1.29, 1.82) is 0 Å². The fourth-order valence-electron chi connectivity index (χ4n) is 1.68. The van der Waals surface area contributed by atoms with Gasteiger partial charge in [0.15, 0.2) is 0 Å². The van der Waals surface area contributed by atoms with Crippen molar-refractivity contribution < 1.29 is 8.81 Å². The summed E-state index contributed by atoms with van der Waals surface area (Å²) < 4.78 is 18.5. The van der Waals surface area contributed by atoms with Crippen molar-refractivity contribution in [1.82, 2.24) is 5.32 Å². The lowest BCUT2D eigenvalue weighted by atomic mass is 10.2. The van der Waals surface area contributed by atoms with Crippen LogP contribution in [0.15, 0.2) is 40.8 Å². The van der Waals surface area contributed by atoms with Crippen LogP contribution < -0.4 is 5.32 Å². The van der Waals surface area contributed by atoms with Crippen LogP contribution in [-0.4, -0.2) is 0 Å². The molecule has 0 saturated heterocycles. The van der Waals surface area contributed by atoms with Gasteiger partial charge in [-0.3, -0.25) is 0 Å². The zero-order valence-electron chi connectivity index (χ0n) is 9.87. The van der Waals surface area contributed by atoms with Crippen molar-refractivity contribution in [3.63, 3.8) is 0 Å². The van der Waals surface area contributed by atoms with E-state index < -0.39 is 0 Å². The fourth-order valence-corrected chi connectivity index (χ4v) is 1.68. The highest BCUT2D eigenvalue weighted by Crippen LogP contribution is 2.08. The van der Waals surface area contributed by atoms with Gasteiger partial charge in [-0.15, -0.1) is 0 Å². The first-order chi connectivity index (χ1) is 8.28. The summed E-state index contributed by atoms with van der Waals surface area (Å²) in [6.07, 6.45) is 0.907. The van der Waals surface area contributed by atoms with Gasteiger partial charge in [0, 0.05) is 13.0 Å². The first-order valence-corrected chi connectivity index (χ1v) is 5.80. The third-order valence-corrected chi connectivity index (χ3v) is 2.58. The summed E-state index contributed by atoms with van der Waals surface area (Å²) in [5, 5.41) is 3.22. The van der Waals surface area contributed by atoms with Gasteiger partial charge in [-0.2, -0.15) is 0 Å². The van der Waals surface area contributed by atoms with Crippen LogP contribution in [0.2, 0.25) is 0 Å². The van der Waals surface area contributed by atoms with Gasteiger partial charge in [0.1, 0.15) is 17.3 Å². The second-order valence-corrected chi connectivity index (χ2v) is 3.96. The molecule has 0 fully saturated rings. The van der Waals surface area contributed by atoms with E-state index in [4.69, 9.17) is 4.42 Å². The Hall–Kier alpha value is -1.61. The summed E-state index contributed by atoms with van der Waals surface area (Å²) in [7, 11) is 0. The molecule has 2 nitrogen and oxygen atoms in total. The Morgan fingerprint density at radius 3 is 2.65 bits per heavy atom. The molecule has 0 aliphatic carbocycles. The standard InChI is InChI=1S/C14H16FNO/c1-2-13-6-7-14(17-13)10-16-9-11-4-3-5-12(15)8-11/h3-8,16H,2,9-10H2,1H3. The van der Waals surface area contributed by atoms with Crippen molar-refractivity contribution in [3.05, 3.63) is 59.3 Å². The highest BCUT2D eigenvalue weighted by Gasteiger charge is 2.00. The van der Waals surface area contributed by atoms with E-state index in [2.05, 4.69) is 12.2 Å². The van der Waals surface area contributed by atoms with Crippen LogP contribution >= 0.6 is 0 Å². The van der Waals surface area contributed by atoms with Crippen LogP contribution in [0.3, 0.4) is 0 Å². The van der Waals surface area contributed by atoms with Gasteiger partial charge < -0.3 is 9.73 Å². The van der Waals surface area contributed by atoms with E-state index in [1.54, 1.807) is 6.07 Å². The minimum atomic E-state index is -0.199. The normalized spacial score (nSPS) is 10.7. The lowest BCUT2D eigenvalue weighted by Gasteiger charge is -2.03. The Morgan fingerprint density at radius 1 is 1.12 bits per heavy atom. The zero-order chi connectivity index (χ0) is 12.1. The van der Waals surface area contributed by atoms with Crippen molar-refractivity contribution in [2.24, 2.45) is 0 Å². The molecule has 1 aromatic carbocycles. The summed E-state index contributed by atoms with van der Waals surface area (Å²) in [5.74, 6) is 1.71. The van der Waals surface area contributed by atoms with E-state index in [1.807, 2.05) is 18.2 Å². The minimum absolute atomic E-state index is 0.199. The number of hydrogen-bond donors (Lipinski definition) is 1. The summed E-state index contributed by atoms with van der Waals surface area (Å²) in [4.78, 5) is 0. The van der Waals surface area contributed by atoms with Gasteiger partial charge in [-0.25, -0.2) is 4.39 Å². The summed E-state index contributed by atoms with van der Waals surface area (Å²) in [6, 6.07) is 10.6. The summed E-state index contributed by atoms with van der Waals surface area (Å²) >= 11 is 0. The maximum Gasteiger partial charge on any atom is 0.123 e. The number of aryl methyl sites for hydroxylation is 1. The van der Waals surface area contributed by atoms with E-state index in [0.717, 1.165) is 23.5 Å². The van der Waals surface area contributed by atoms with E-state index in [9.17, 15) is 4.39 Å². The molecule has 3 heteroatoms. The molecule has 2 rings (SSSR count). The zero-order valence-corrected chi connectivity index (χ0v) is 9.87. The molecule has 1 heterocycles. The third kappa shape index (κ3) is 3.43. The molecule has 0 unspecified atom stereocenters. The highest BCUT2D eigenvalue weighted by molar-refractivity contribution is 5.16. The summed E-state index contributed by atoms with van der Waals surface area (Å²) in [6.45, 7) is 3.36. The SMILES string of the molecule is CCc1ccc(CNCc2cccc(F)c2)o1.